The lowest BCUT2D eigenvalue weighted by atomic mass is 10.1. The molecule has 0 saturated heterocycles. The predicted molar refractivity (Wildman–Crippen MR) is 129 cm³/mol. The summed E-state index contributed by atoms with van der Waals surface area (Å²) in [4.78, 5) is 14.6. The molecule has 0 aliphatic heterocycles. The maximum atomic E-state index is 13.2. The number of carbonyl (C=O) groups excluding carboxylic acids is 1. The fourth-order valence-electron chi connectivity index (χ4n) is 3.29. The van der Waals surface area contributed by atoms with E-state index in [9.17, 15) is 13.2 Å². The first-order valence-electron chi connectivity index (χ1n) is 9.98. The molecule has 0 N–H and O–H groups in total. The summed E-state index contributed by atoms with van der Waals surface area (Å²) in [5.74, 6) is 0.912. The summed E-state index contributed by atoms with van der Waals surface area (Å²) in [7, 11) is 2.30. The van der Waals surface area contributed by atoms with E-state index in [0.717, 1.165) is 9.87 Å². The van der Waals surface area contributed by atoms with Crippen molar-refractivity contribution in [2.45, 2.75) is 11.4 Å². The van der Waals surface area contributed by atoms with Gasteiger partial charge in [-0.15, -0.1) is 0 Å². The number of hydrogen-bond donors (Lipinski definition) is 0. The quantitative estimate of drug-likeness (QED) is 0.468. The standard InChI is InChI=1S/C24H25ClN2O5S/c1-26(16-18-11-12-21(31-3)15-23(18)32-4)24(28)17-7-5-10-22(13-17)33(29,30)27(2)20-9-6-8-19(25)14-20/h5-15H,16H2,1-4H3. The van der Waals surface area contributed by atoms with E-state index >= 15 is 0 Å². The third-order valence-corrected chi connectivity index (χ3v) is 7.18. The molecule has 3 rings (SSSR count). The number of sulfonamides is 1. The Bertz CT molecular complexity index is 1260. The molecule has 0 bridgehead atoms. The zero-order chi connectivity index (χ0) is 24.2. The normalized spacial score (nSPS) is 11.1. The molecule has 0 unspecified atom stereocenters. The van der Waals surface area contributed by atoms with Gasteiger partial charge >= 0.3 is 0 Å². The van der Waals surface area contributed by atoms with Crippen molar-refractivity contribution in [3.05, 3.63) is 82.9 Å². The van der Waals surface area contributed by atoms with E-state index in [4.69, 9.17) is 21.1 Å². The summed E-state index contributed by atoms with van der Waals surface area (Å²) < 4.78 is 38.0. The highest BCUT2D eigenvalue weighted by molar-refractivity contribution is 7.92. The van der Waals surface area contributed by atoms with E-state index in [2.05, 4.69) is 0 Å². The Labute approximate surface area is 199 Å². The van der Waals surface area contributed by atoms with Gasteiger partial charge in [0.2, 0.25) is 0 Å². The average Bonchev–Trinajstić information content (AvgIpc) is 2.83. The number of methoxy groups -OCH3 is 2. The number of anilines is 1. The van der Waals surface area contributed by atoms with Crippen LogP contribution >= 0.6 is 11.6 Å². The molecule has 0 heterocycles. The van der Waals surface area contributed by atoms with Gasteiger partial charge in [-0.2, -0.15) is 0 Å². The molecular formula is C24H25ClN2O5S. The van der Waals surface area contributed by atoms with Gasteiger partial charge in [-0.25, -0.2) is 8.42 Å². The lowest BCUT2D eigenvalue weighted by Crippen LogP contribution is -2.28. The number of benzene rings is 3. The molecule has 0 spiro atoms. The molecular weight excluding hydrogens is 464 g/mol. The number of amides is 1. The van der Waals surface area contributed by atoms with Crippen LogP contribution in [0.5, 0.6) is 11.5 Å². The van der Waals surface area contributed by atoms with E-state index in [1.807, 2.05) is 6.07 Å². The highest BCUT2D eigenvalue weighted by atomic mass is 35.5. The summed E-state index contributed by atoms with van der Waals surface area (Å²) in [6.45, 7) is 0.269. The Hall–Kier alpha value is -3.23. The van der Waals surface area contributed by atoms with E-state index in [-0.39, 0.29) is 22.9 Å². The molecule has 33 heavy (non-hydrogen) atoms. The van der Waals surface area contributed by atoms with Gasteiger partial charge in [-0.3, -0.25) is 9.10 Å². The monoisotopic (exact) mass is 488 g/mol. The first-order chi connectivity index (χ1) is 15.7. The molecule has 0 aromatic heterocycles. The molecule has 0 aliphatic carbocycles. The van der Waals surface area contributed by atoms with Crippen LogP contribution < -0.4 is 13.8 Å². The Morgan fingerprint density at radius 2 is 1.67 bits per heavy atom. The first kappa shape index (κ1) is 24.4. The van der Waals surface area contributed by atoms with Crippen molar-refractivity contribution in [2.24, 2.45) is 0 Å². The van der Waals surface area contributed by atoms with Crippen molar-refractivity contribution in [1.82, 2.24) is 4.90 Å². The van der Waals surface area contributed by atoms with Crippen molar-refractivity contribution in [1.29, 1.82) is 0 Å². The van der Waals surface area contributed by atoms with Gasteiger partial charge in [0, 0.05) is 42.9 Å². The first-order valence-corrected chi connectivity index (χ1v) is 11.8. The fraction of sp³-hybridized carbons (Fsp3) is 0.208. The van der Waals surface area contributed by atoms with Crippen molar-refractivity contribution < 1.29 is 22.7 Å². The van der Waals surface area contributed by atoms with Gasteiger partial charge in [0.25, 0.3) is 15.9 Å². The summed E-state index contributed by atoms with van der Waals surface area (Å²) in [6.07, 6.45) is 0. The van der Waals surface area contributed by atoms with Gasteiger partial charge in [-0.05, 0) is 48.5 Å². The second kappa shape index (κ2) is 10.1. The van der Waals surface area contributed by atoms with Crippen molar-refractivity contribution in [3.8, 4) is 11.5 Å². The van der Waals surface area contributed by atoms with Crippen LogP contribution in [0.25, 0.3) is 0 Å². The van der Waals surface area contributed by atoms with Crippen LogP contribution in [-0.2, 0) is 16.6 Å². The highest BCUT2D eigenvalue weighted by Gasteiger charge is 2.23. The maximum Gasteiger partial charge on any atom is 0.264 e. The third-order valence-electron chi connectivity index (χ3n) is 5.16. The van der Waals surface area contributed by atoms with E-state index < -0.39 is 10.0 Å². The molecule has 0 saturated carbocycles. The zero-order valence-corrected chi connectivity index (χ0v) is 20.4. The van der Waals surface area contributed by atoms with E-state index in [1.165, 1.54) is 24.1 Å². The summed E-state index contributed by atoms with van der Waals surface area (Å²) in [5, 5.41) is 0.425. The van der Waals surface area contributed by atoms with Crippen molar-refractivity contribution in [3.63, 3.8) is 0 Å². The molecule has 0 radical (unpaired) electrons. The molecule has 7 nitrogen and oxygen atoms in total. The lowest BCUT2D eigenvalue weighted by Gasteiger charge is -2.21. The van der Waals surface area contributed by atoms with E-state index in [0.29, 0.717) is 22.2 Å². The molecule has 3 aromatic rings. The van der Waals surface area contributed by atoms with Crippen LogP contribution in [0, 0.1) is 0 Å². The Morgan fingerprint density at radius 3 is 2.33 bits per heavy atom. The number of ether oxygens (including phenoxy) is 2. The number of carbonyl (C=O) groups is 1. The zero-order valence-electron chi connectivity index (χ0n) is 18.8. The highest BCUT2D eigenvalue weighted by Crippen LogP contribution is 2.27. The topological polar surface area (TPSA) is 76.2 Å². The molecule has 9 heteroatoms. The fourth-order valence-corrected chi connectivity index (χ4v) is 4.71. The van der Waals surface area contributed by atoms with Crippen LogP contribution in [-0.4, -0.2) is 47.5 Å². The largest absolute Gasteiger partial charge is 0.497 e. The molecule has 3 aromatic carbocycles. The van der Waals surface area contributed by atoms with Gasteiger partial charge in [0.05, 0.1) is 24.8 Å². The summed E-state index contributed by atoms with van der Waals surface area (Å²) in [6, 6.07) is 17.9. The number of nitrogens with zero attached hydrogens (tertiary/aromatic N) is 2. The van der Waals surface area contributed by atoms with Crippen LogP contribution in [0.3, 0.4) is 0 Å². The molecule has 0 aliphatic rings. The van der Waals surface area contributed by atoms with Crippen molar-refractivity contribution in [2.75, 3.05) is 32.6 Å². The predicted octanol–water partition coefficient (Wildman–Crippen LogP) is 4.45. The minimum atomic E-state index is -3.90. The van der Waals surface area contributed by atoms with Crippen LogP contribution in [0.2, 0.25) is 5.02 Å². The third kappa shape index (κ3) is 5.40. The molecule has 1 amide bonds. The second-order valence-corrected chi connectivity index (χ2v) is 9.72. The van der Waals surface area contributed by atoms with E-state index in [1.54, 1.807) is 69.8 Å². The summed E-state index contributed by atoms with van der Waals surface area (Å²) in [5.41, 5.74) is 1.46. The lowest BCUT2D eigenvalue weighted by molar-refractivity contribution is 0.0784. The molecule has 0 atom stereocenters. The smallest absolute Gasteiger partial charge is 0.264 e. The van der Waals surface area contributed by atoms with Crippen LogP contribution in [0.15, 0.2) is 71.6 Å². The minimum absolute atomic E-state index is 0.00579. The van der Waals surface area contributed by atoms with Crippen molar-refractivity contribution >= 4 is 33.2 Å². The van der Waals surface area contributed by atoms with Gasteiger partial charge in [-0.1, -0.05) is 23.7 Å². The van der Waals surface area contributed by atoms with Gasteiger partial charge in [0.1, 0.15) is 11.5 Å². The molecule has 174 valence electrons. The summed E-state index contributed by atoms with van der Waals surface area (Å²) >= 11 is 6.00. The van der Waals surface area contributed by atoms with Crippen LogP contribution in [0.1, 0.15) is 15.9 Å². The van der Waals surface area contributed by atoms with Crippen LogP contribution in [0.4, 0.5) is 5.69 Å². The second-order valence-electron chi connectivity index (χ2n) is 7.32. The van der Waals surface area contributed by atoms with Gasteiger partial charge < -0.3 is 14.4 Å². The Morgan fingerprint density at radius 1 is 0.939 bits per heavy atom. The molecule has 0 fully saturated rings. The SMILES string of the molecule is COc1ccc(CN(C)C(=O)c2cccc(S(=O)(=O)N(C)c3cccc(Cl)c3)c2)c(OC)c1. The number of rotatable bonds is 8. The maximum absolute atomic E-state index is 13.2. The Kier molecular flexibility index (Phi) is 7.50. The average molecular weight is 489 g/mol. The number of hydrogen-bond acceptors (Lipinski definition) is 5. The minimum Gasteiger partial charge on any atom is -0.497 e. The number of halogens is 1. The Balaban J connectivity index is 1.84. The van der Waals surface area contributed by atoms with Gasteiger partial charge in [0.15, 0.2) is 0 Å².